The third kappa shape index (κ3) is 7.00. The van der Waals surface area contributed by atoms with Crippen molar-refractivity contribution >= 4 is 0 Å². The van der Waals surface area contributed by atoms with E-state index in [1.54, 1.807) is 0 Å². The van der Waals surface area contributed by atoms with E-state index in [-0.39, 0.29) is 51.9 Å². The number of aromatic nitrogens is 1. The molecule has 8 bridgehead atoms. The van der Waals surface area contributed by atoms with Gasteiger partial charge in [0.25, 0.3) is 0 Å². The summed E-state index contributed by atoms with van der Waals surface area (Å²) < 4.78 is 0. The Balaban J connectivity index is 0.00000161. The molecule has 1 heterocycles. The maximum Gasteiger partial charge on any atom is 0.127 e. The molecule has 4 heteroatoms. The first-order chi connectivity index (χ1) is 27.0. The topological polar surface area (TPSA) is 53.4 Å². The molecule has 8 aliphatic carbocycles. The van der Waals surface area contributed by atoms with Crippen LogP contribution in [-0.4, -0.2) is 15.2 Å². The second-order valence-corrected chi connectivity index (χ2v) is 20.3. The van der Waals surface area contributed by atoms with Crippen LogP contribution in [0.15, 0.2) is 78.9 Å². The van der Waals surface area contributed by atoms with Crippen LogP contribution in [0.5, 0.6) is 11.5 Å². The third-order valence-electron chi connectivity index (χ3n) is 16.0. The summed E-state index contributed by atoms with van der Waals surface area (Å²) in [4.78, 5) is 5.46. The zero-order valence-electron chi connectivity index (χ0n) is 36.3. The Labute approximate surface area is 373 Å². The summed E-state index contributed by atoms with van der Waals surface area (Å²) in [5, 5.41) is 24.8. The summed E-state index contributed by atoms with van der Waals surface area (Å²) in [6, 6.07) is 28.6. The van der Waals surface area contributed by atoms with Crippen molar-refractivity contribution in [3.8, 4) is 56.3 Å². The standard InChI is InChI=1S/C53H57NO2.2CH3.Zr/c1-30-8-10-40(44-14-32(3)16-46(50(44)55)52-24-34-18-35(25-52)20-36(19-34)26-52)42(12-30)48-6-5-7-49(54-48)43-13-31(2)9-11-41(43)45-15-33(4)17-47(51(45)56)53-27-37-21-38(28-53)23-39(22-37)29-53;;;/h5-17,34-39,55-56H,18-29H2,1-4H3;2*1H3;/q;2*-1;. The maximum atomic E-state index is 12.4. The first kappa shape index (κ1) is 42.2. The Hall–Kier alpha value is -3.49. The third-order valence-corrected chi connectivity index (χ3v) is 16.0. The van der Waals surface area contributed by atoms with E-state index in [1.165, 1.54) is 110 Å². The van der Waals surface area contributed by atoms with Gasteiger partial charge >= 0.3 is 0 Å². The van der Waals surface area contributed by atoms with Crippen LogP contribution in [0.4, 0.5) is 0 Å². The van der Waals surface area contributed by atoms with Crippen LogP contribution in [0, 0.1) is 78.1 Å². The van der Waals surface area contributed by atoms with Gasteiger partial charge in [-0.3, -0.25) is 0 Å². The van der Waals surface area contributed by atoms with E-state index in [1.807, 2.05) is 0 Å². The number of phenols is 2. The zero-order chi connectivity index (χ0) is 38.1. The van der Waals surface area contributed by atoms with Crippen molar-refractivity contribution in [1.82, 2.24) is 4.98 Å². The minimum atomic E-state index is 0. The molecule has 0 radical (unpaired) electrons. The Bertz CT molecular complexity index is 2190. The number of pyridine rings is 1. The Kier molecular flexibility index (Phi) is 11.1. The van der Waals surface area contributed by atoms with Gasteiger partial charge in [-0.15, -0.1) is 0 Å². The molecule has 8 aliphatic rings. The van der Waals surface area contributed by atoms with Gasteiger partial charge in [0.1, 0.15) is 11.5 Å². The molecule has 3 nitrogen and oxygen atoms in total. The summed E-state index contributed by atoms with van der Waals surface area (Å²) in [6.07, 6.45) is 15.7. The molecule has 4 aromatic carbocycles. The maximum absolute atomic E-state index is 12.4. The average molecular weight is 861 g/mol. The van der Waals surface area contributed by atoms with Crippen LogP contribution < -0.4 is 0 Å². The number of aryl methyl sites for hydroxylation is 4. The number of hydrogen-bond donors (Lipinski definition) is 2. The first-order valence-corrected chi connectivity index (χ1v) is 21.9. The molecule has 0 saturated heterocycles. The van der Waals surface area contributed by atoms with Crippen molar-refractivity contribution < 1.29 is 36.4 Å². The smallest absolute Gasteiger partial charge is 0.127 e. The fourth-order valence-corrected chi connectivity index (χ4v) is 14.6. The summed E-state index contributed by atoms with van der Waals surface area (Å²) >= 11 is 0. The molecule has 0 spiro atoms. The van der Waals surface area contributed by atoms with Crippen LogP contribution in [0.25, 0.3) is 44.8 Å². The molecule has 1 aromatic heterocycles. The van der Waals surface area contributed by atoms with Crippen LogP contribution in [0.1, 0.15) is 110 Å². The minimum Gasteiger partial charge on any atom is -0.507 e. The van der Waals surface area contributed by atoms with Crippen molar-refractivity contribution in [3.63, 3.8) is 0 Å². The van der Waals surface area contributed by atoms with Crippen molar-refractivity contribution in [2.45, 2.75) is 116 Å². The van der Waals surface area contributed by atoms with E-state index >= 15 is 0 Å². The van der Waals surface area contributed by atoms with Crippen LogP contribution in [0.2, 0.25) is 0 Å². The van der Waals surface area contributed by atoms with E-state index in [0.717, 1.165) is 80.3 Å². The summed E-state index contributed by atoms with van der Waals surface area (Å²) in [5.41, 5.74) is 15.1. The van der Waals surface area contributed by atoms with Gasteiger partial charge in [0, 0.05) is 59.6 Å². The van der Waals surface area contributed by atoms with E-state index < -0.39 is 0 Å². The number of nitrogens with zero attached hydrogens (tertiary/aromatic N) is 1. The number of phenolic OH excluding ortho intramolecular Hbond substituents is 2. The fourth-order valence-electron chi connectivity index (χ4n) is 14.6. The van der Waals surface area contributed by atoms with E-state index in [0.29, 0.717) is 11.5 Å². The van der Waals surface area contributed by atoms with Gasteiger partial charge in [-0.25, -0.2) is 4.98 Å². The number of rotatable bonds is 6. The SMILES string of the molecule is Cc1ccc(-c2cc(C)cc(C34CC5CC(CC(C5)C3)C4)c2O)c(-c2cccc(-c3cc(C)ccc3-c3cc(C)cc(C45CC6CC(CC(C6)C4)C5)c3O)n2)c1.[CH3-].[CH3-].[Zr]. The van der Waals surface area contributed by atoms with Crippen molar-refractivity contribution in [1.29, 1.82) is 0 Å². The monoisotopic (exact) mass is 859 g/mol. The molecule has 8 saturated carbocycles. The van der Waals surface area contributed by atoms with Gasteiger partial charge in [-0.1, -0.05) is 53.6 Å². The Morgan fingerprint density at radius 2 is 0.746 bits per heavy atom. The molecule has 2 N–H and O–H groups in total. The van der Waals surface area contributed by atoms with Crippen LogP contribution in [0.3, 0.4) is 0 Å². The molecule has 306 valence electrons. The molecular formula is C55H63NO2Zr-2. The number of benzene rings is 4. The van der Waals surface area contributed by atoms with Gasteiger partial charge in [-0.2, -0.15) is 0 Å². The van der Waals surface area contributed by atoms with Gasteiger partial charge in [0.2, 0.25) is 0 Å². The van der Waals surface area contributed by atoms with Crippen LogP contribution in [-0.2, 0) is 37.0 Å². The fraction of sp³-hybridized carbons (Fsp3) is 0.436. The van der Waals surface area contributed by atoms with Crippen LogP contribution >= 0.6 is 0 Å². The molecule has 59 heavy (non-hydrogen) atoms. The van der Waals surface area contributed by atoms with Gasteiger partial charge in [0.05, 0.1) is 11.4 Å². The van der Waals surface area contributed by atoms with Crippen molar-refractivity contribution in [2.75, 3.05) is 0 Å². The molecule has 0 unspecified atom stereocenters. The Morgan fingerprint density at radius 1 is 0.424 bits per heavy atom. The second-order valence-electron chi connectivity index (χ2n) is 20.3. The minimum absolute atomic E-state index is 0. The van der Waals surface area contributed by atoms with E-state index in [9.17, 15) is 10.2 Å². The number of hydrogen-bond acceptors (Lipinski definition) is 3. The number of aromatic hydroxyl groups is 2. The molecule has 0 atom stereocenters. The molecule has 5 aromatic rings. The average Bonchev–Trinajstić information content (AvgIpc) is 3.15. The first-order valence-electron chi connectivity index (χ1n) is 21.9. The molecule has 0 aliphatic heterocycles. The van der Waals surface area contributed by atoms with Gasteiger partial charge < -0.3 is 25.1 Å². The zero-order valence-corrected chi connectivity index (χ0v) is 38.8. The summed E-state index contributed by atoms with van der Waals surface area (Å²) in [6.45, 7) is 8.70. The molecule has 8 fully saturated rings. The van der Waals surface area contributed by atoms with Crippen molar-refractivity contribution in [3.05, 3.63) is 127 Å². The van der Waals surface area contributed by atoms with E-state index in [4.69, 9.17) is 4.98 Å². The second kappa shape index (κ2) is 15.5. The van der Waals surface area contributed by atoms with Gasteiger partial charge in [0.15, 0.2) is 0 Å². The van der Waals surface area contributed by atoms with E-state index in [2.05, 4.69) is 107 Å². The summed E-state index contributed by atoms with van der Waals surface area (Å²) in [5.74, 6) is 5.81. The summed E-state index contributed by atoms with van der Waals surface area (Å²) in [7, 11) is 0. The predicted octanol–water partition coefficient (Wildman–Crippen LogP) is 14.2. The largest absolute Gasteiger partial charge is 0.507 e. The van der Waals surface area contributed by atoms with Crippen molar-refractivity contribution in [2.24, 2.45) is 35.5 Å². The molecule has 0 amide bonds. The quantitative estimate of drug-likeness (QED) is 0.167. The predicted molar refractivity (Wildman–Crippen MR) is 241 cm³/mol. The molecular weight excluding hydrogens is 798 g/mol. The Morgan fingerprint density at radius 3 is 1.08 bits per heavy atom. The molecule has 13 rings (SSSR count). The van der Waals surface area contributed by atoms with Gasteiger partial charge in [-0.05, 0) is 210 Å². The normalized spacial score (nSPS) is 29.4.